The Labute approximate surface area is 174 Å². The maximum Gasteiger partial charge on any atom is 0.328 e. The highest BCUT2D eigenvalue weighted by molar-refractivity contribution is 5.62. The summed E-state index contributed by atoms with van der Waals surface area (Å²) < 4.78 is 6.14. The van der Waals surface area contributed by atoms with E-state index in [1.54, 1.807) is 0 Å². The summed E-state index contributed by atoms with van der Waals surface area (Å²) in [4.78, 5) is 9.69. The molecule has 0 spiro atoms. The Hall–Kier alpha value is -3.59. The van der Waals surface area contributed by atoms with Crippen molar-refractivity contribution in [1.29, 1.82) is 0 Å². The molecular weight excluding hydrogens is 378 g/mol. The van der Waals surface area contributed by atoms with E-state index in [9.17, 15) is 0 Å². The molecule has 0 saturated carbocycles. The number of aromatic nitrogens is 7. The van der Waals surface area contributed by atoms with Crippen molar-refractivity contribution in [2.45, 2.75) is 26.3 Å². The zero-order valence-electron chi connectivity index (χ0n) is 17.5. The average molecular weight is 402 g/mol. The van der Waals surface area contributed by atoms with Crippen LogP contribution >= 0.6 is 0 Å². The summed E-state index contributed by atoms with van der Waals surface area (Å²) in [6.45, 7) is 4.09. The highest BCUT2D eigenvalue weighted by atomic mass is 15.6. The van der Waals surface area contributed by atoms with E-state index in [4.69, 9.17) is 9.97 Å². The maximum absolute atomic E-state index is 4.98. The quantitative estimate of drug-likeness (QED) is 0.526. The van der Waals surface area contributed by atoms with Crippen LogP contribution in [0.15, 0.2) is 48.9 Å². The number of imidazole rings is 1. The summed E-state index contributed by atoms with van der Waals surface area (Å²) in [5.41, 5.74) is 5.25. The molecule has 1 atom stereocenters. The first-order valence-corrected chi connectivity index (χ1v) is 10.0. The molecule has 4 aromatic rings. The van der Waals surface area contributed by atoms with E-state index >= 15 is 0 Å². The van der Waals surface area contributed by atoms with Gasteiger partial charge in [0.15, 0.2) is 11.6 Å². The second kappa shape index (κ2) is 7.03. The predicted molar refractivity (Wildman–Crippen MR) is 112 cm³/mol. The number of fused-ring (bicyclic) bond motifs is 3. The fourth-order valence-electron chi connectivity index (χ4n) is 4.16. The van der Waals surface area contributed by atoms with E-state index in [-0.39, 0.29) is 6.04 Å². The maximum atomic E-state index is 4.98. The minimum atomic E-state index is 0.0285. The van der Waals surface area contributed by atoms with E-state index < -0.39 is 0 Å². The molecule has 30 heavy (non-hydrogen) atoms. The van der Waals surface area contributed by atoms with Crippen LogP contribution < -0.4 is 15.0 Å². The number of hydrazine groups is 1. The van der Waals surface area contributed by atoms with E-state index in [1.807, 2.05) is 62.4 Å². The largest absolute Gasteiger partial charge is 0.328 e. The highest BCUT2D eigenvalue weighted by Gasteiger charge is 2.35. The summed E-state index contributed by atoms with van der Waals surface area (Å²) in [5.74, 6) is 4.15. The van der Waals surface area contributed by atoms with Gasteiger partial charge in [-0.05, 0) is 25.5 Å². The number of hydrogen-bond donors (Lipinski definition) is 1. The first-order chi connectivity index (χ1) is 14.6. The van der Waals surface area contributed by atoms with Crippen LogP contribution in [0, 0.1) is 6.92 Å². The molecule has 0 fully saturated rings. The zero-order valence-corrected chi connectivity index (χ0v) is 17.5. The molecule has 9 heteroatoms. The molecular formula is C21H24N9+. The Kier molecular flexibility index (Phi) is 4.32. The van der Waals surface area contributed by atoms with Crippen LogP contribution in [0.4, 0.5) is 5.82 Å². The third-order valence-corrected chi connectivity index (χ3v) is 5.54. The van der Waals surface area contributed by atoms with Crippen molar-refractivity contribution in [1.82, 2.24) is 34.7 Å². The summed E-state index contributed by atoms with van der Waals surface area (Å²) in [7, 11) is 3.93. The third-order valence-electron chi connectivity index (χ3n) is 5.54. The lowest BCUT2D eigenvalue weighted by molar-refractivity contribution is -0.659. The van der Waals surface area contributed by atoms with Gasteiger partial charge in [-0.25, -0.2) is 9.99 Å². The number of nitrogens with zero attached hydrogens (tertiary/aromatic N) is 8. The summed E-state index contributed by atoms with van der Waals surface area (Å²) in [6, 6.07) is 10.3. The highest BCUT2D eigenvalue weighted by Crippen LogP contribution is 2.37. The average Bonchev–Trinajstić information content (AvgIpc) is 3.35. The van der Waals surface area contributed by atoms with Crippen LogP contribution in [0.2, 0.25) is 0 Å². The van der Waals surface area contributed by atoms with E-state index in [2.05, 4.69) is 48.8 Å². The van der Waals surface area contributed by atoms with E-state index in [1.165, 1.54) is 0 Å². The summed E-state index contributed by atoms with van der Waals surface area (Å²) in [5, 5.41) is 10.8. The lowest BCUT2D eigenvalue weighted by Gasteiger charge is -2.35. The Balaban J connectivity index is 1.70. The standard InChI is InChI=1S/C21H24N9/c1-5-16-19-26-25-14(2)29(19)17-13-23-21(24-18(17)30(16)22-3)28-12-11-27(4)20(28)15-9-7-6-8-10-15/h6-13,16,22H,5H2,1-4H3/q+1. The van der Waals surface area contributed by atoms with Gasteiger partial charge < -0.3 is 0 Å². The molecule has 0 amide bonds. The first-order valence-electron chi connectivity index (χ1n) is 10.0. The molecule has 0 aliphatic carbocycles. The normalized spacial score (nSPS) is 15.2. The predicted octanol–water partition coefficient (Wildman–Crippen LogP) is 2.05. The molecule has 5 rings (SSSR count). The van der Waals surface area contributed by atoms with E-state index in [0.717, 1.165) is 41.0 Å². The van der Waals surface area contributed by atoms with Crippen molar-refractivity contribution in [2.24, 2.45) is 7.05 Å². The van der Waals surface area contributed by atoms with Gasteiger partial charge >= 0.3 is 5.95 Å². The Morgan fingerprint density at radius 1 is 1.17 bits per heavy atom. The van der Waals surface area contributed by atoms with Gasteiger partial charge in [0.05, 0.1) is 18.8 Å². The zero-order chi connectivity index (χ0) is 20.8. The summed E-state index contributed by atoms with van der Waals surface area (Å²) >= 11 is 0. The number of aryl methyl sites for hydroxylation is 2. The number of anilines is 1. The molecule has 1 aliphatic rings. The summed E-state index contributed by atoms with van der Waals surface area (Å²) in [6.07, 6.45) is 6.72. The first kappa shape index (κ1) is 18.4. The Bertz CT molecular complexity index is 1210. The van der Waals surface area contributed by atoms with Crippen LogP contribution in [-0.2, 0) is 7.05 Å². The van der Waals surface area contributed by atoms with Gasteiger partial charge in [-0.15, -0.1) is 10.2 Å². The van der Waals surface area contributed by atoms with Gasteiger partial charge in [-0.3, -0.25) is 9.58 Å². The van der Waals surface area contributed by atoms with Crippen molar-refractivity contribution in [3.05, 3.63) is 60.6 Å². The van der Waals surface area contributed by atoms with Gasteiger partial charge in [-0.1, -0.05) is 25.1 Å². The molecule has 1 aliphatic heterocycles. The topological polar surface area (TPSA) is 80.6 Å². The molecule has 1 N–H and O–H groups in total. The molecule has 152 valence electrons. The van der Waals surface area contributed by atoms with Crippen LogP contribution in [0.5, 0.6) is 0 Å². The SMILES string of the molecule is CCC1c2nnc(C)n2-c2cnc(-n3cc[n+](C)c3-c3ccccc3)nc2N1NC. The van der Waals surface area contributed by atoms with Gasteiger partial charge in [0.1, 0.15) is 29.9 Å². The molecule has 9 nitrogen and oxygen atoms in total. The molecule has 0 bridgehead atoms. The van der Waals surface area contributed by atoms with Crippen LogP contribution in [0.1, 0.15) is 31.0 Å². The van der Waals surface area contributed by atoms with Crippen molar-refractivity contribution >= 4 is 5.82 Å². The minimum Gasteiger partial charge on any atom is -0.280 e. The van der Waals surface area contributed by atoms with E-state index in [0.29, 0.717) is 5.95 Å². The fourth-order valence-corrected chi connectivity index (χ4v) is 4.16. The van der Waals surface area contributed by atoms with Gasteiger partial charge in [-0.2, -0.15) is 14.5 Å². The molecule has 4 heterocycles. The monoisotopic (exact) mass is 402 g/mol. The van der Waals surface area contributed by atoms with Gasteiger partial charge in [0.25, 0.3) is 5.82 Å². The van der Waals surface area contributed by atoms with Gasteiger partial charge in [0.2, 0.25) is 0 Å². The van der Waals surface area contributed by atoms with Gasteiger partial charge in [0, 0.05) is 7.05 Å². The van der Waals surface area contributed by atoms with Crippen molar-refractivity contribution in [3.63, 3.8) is 0 Å². The lowest BCUT2D eigenvalue weighted by atomic mass is 10.1. The number of rotatable bonds is 4. The van der Waals surface area contributed by atoms with Crippen LogP contribution in [0.3, 0.4) is 0 Å². The molecule has 0 saturated heterocycles. The number of nitrogens with one attached hydrogen (secondary N) is 1. The smallest absolute Gasteiger partial charge is 0.280 e. The fraction of sp³-hybridized carbons (Fsp3) is 0.286. The molecule has 0 radical (unpaired) electrons. The van der Waals surface area contributed by atoms with Crippen molar-refractivity contribution in [2.75, 3.05) is 12.1 Å². The second-order valence-electron chi connectivity index (χ2n) is 7.31. The van der Waals surface area contributed by atoms with Crippen LogP contribution in [0.25, 0.3) is 23.0 Å². The second-order valence-corrected chi connectivity index (χ2v) is 7.31. The molecule has 3 aromatic heterocycles. The molecule has 1 aromatic carbocycles. The Morgan fingerprint density at radius 2 is 1.97 bits per heavy atom. The number of benzene rings is 1. The minimum absolute atomic E-state index is 0.0285. The Morgan fingerprint density at radius 3 is 2.70 bits per heavy atom. The van der Waals surface area contributed by atoms with Crippen molar-refractivity contribution < 1.29 is 4.57 Å². The van der Waals surface area contributed by atoms with Crippen molar-refractivity contribution in [3.8, 4) is 23.0 Å². The third kappa shape index (κ3) is 2.62. The number of hydrogen-bond acceptors (Lipinski definition) is 6. The van der Waals surface area contributed by atoms with Crippen LogP contribution in [-0.4, -0.2) is 36.3 Å². The molecule has 1 unspecified atom stereocenters. The lowest BCUT2D eigenvalue weighted by Crippen LogP contribution is -2.43.